The Morgan fingerprint density at radius 1 is 1.11 bits per heavy atom. The molecule has 1 fully saturated rings. The van der Waals surface area contributed by atoms with Crippen molar-refractivity contribution in [1.29, 1.82) is 0 Å². The van der Waals surface area contributed by atoms with E-state index in [0.29, 0.717) is 45.9 Å². The Kier molecular flexibility index (Phi) is 5.91. The number of nitrogens with zero attached hydrogens (tertiary/aromatic N) is 2. The number of hydrogen-bond donors (Lipinski definition) is 1. The summed E-state index contributed by atoms with van der Waals surface area (Å²) in [5.41, 5.74) is 0. The van der Waals surface area contributed by atoms with E-state index in [9.17, 15) is 9.59 Å². The number of piperazine rings is 1. The quantitative estimate of drug-likeness (QED) is 0.627. The van der Waals surface area contributed by atoms with Crippen LogP contribution in [0.2, 0.25) is 0 Å². The first kappa shape index (κ1) is 19.3. The van der Waals surface area contributed by atoms with Gasteiger partial charge in [-0.25, -0.2) is 0 Å². The maximum atomic E-state index is 12.9. The zero-order chi connectivity index (χ0) is 19.5. The molecule has 1 N–H and O–H groups in total. The third kappa shape index (κ3) is 4.05. The van der Waals surface area contributed by atoms with Crippen molar-refractivity contribution in [2.75, 3.05) is 53.0 Å². The fraction of sp³-hybridized carbons (Fsp3) is 0.400. The normalized spacial score (nSPS) is 15.4. The summed E-state index contributed by atoms with van der Waals surface area (Å²) < 4.78 is 8.58. The Morgan fingerprint density at radius 2 is 1.89 bits per heavy atom. The predicted molar refractivity (Wildman–Crippen MR) is 114 cm³/mol. The molecule has 1 aliphatic rings. The highest BCUT2D eigenvalue weighted by molar-refractivity contribution is 7.33. The number of rotatable bonds is 6. The highest BCUT2D eigenvalue weighted by atomic mass is 32.1. The number of carbonyl (C=O) groups excluding carboxylic acids is 2. The average Bonchev–Trinajstić information content (AvgIpc) is 3.26. The minimum Gasteiger partial charge on any atom is -0.383 e. The van der Waals surface area contributed by atoms with E-state index >= 15 is 0 Å². The Balaban J connectivity index is 1.35. The molecule has 8 heteroatoms. The van der Waals surface area contributed by atoms with E-state index in [1.165, 1.54) is 19.5 Å². The minimum atomic E-state index is 0.00204. The zero-order valence-electron chi connectivity index (χ0n) is 15.8. The molecule has 4 rings (SSSR count). The second-order valence-electron chi connectivity index (χ2n) is 6.81. The largest absolute Gasteiger partial charge is 0.383 e. The molecule has 0 spiro atoms. The minimum absolute atomic E-state index is 0.00204. The number of carbonyl (C=O) groups is 2. The highest BCUT2D eigenvalue weighted by Gasteiger charge is 2.25. The van der Waals surface area contributed by atoms with Crippen molar-refractivity contribution in [1.82, 2.24) is 15.1 Å². The molecule has 2 amide bonds. The lowest BCUT2D eigenvalue weighted by Crippen LogP contribution is -2.51. The molecule has 0 radical (unpaired) electrons. The molecule has 3 aromatic rings. The lowest BCUT2D eigenvalue weighted by Gasteiger charge is -2.34. The van der Waals surface area contributed by atoms with Gasteiger partial charge in [0.05, 0.1) is 22.7 Å². The van der Waals surface area contributed by atoms with Gasteiger partial charge in [0.25, 0.3) is 5.91 Å². The van der Waals surface area contributed by atoms with E-state index in [-0.39, 0.29) is 11.8 Å². The van der Waals surface area contributed by atoms with Gasteiger partial charge in [-0.3, -0.25) is 14.5 Å². The summed E-state index contributed by atoms with van der Waals surface area (Å²) in [5.74, 6) is 0.101. The van der Waals surface area contributed by atoms with Crippen molar-refractivity contribution in [2.24, 2.45) is 0 Å². The molecule has 6 nitrogen and oxygen atoms in total. The van der Waals surface area contributed by atoms with Crippen LogP contribution >= 0.6 is 22.7 Å². The lowest BCUT2D eigenvalue weighted by atomic mass is 10.2. The van der Waals surface area contributed by atoms with E-state index in [0.717, 1.165) is 4.88 Å². The van der Waals surface area contributed by atoms with Crippen molar-refractivity contribution >= 4 is 54.0 Å². The summed E-state index contributed by atoms with van der Waals surface area (Å²) in [4.78, 5) is 29.6. The van der Waals surface area contributed by atoms with Crippen LogP contribution in [0.3, 0.4) is 0 Å². The summed E-state index contributed by atoms with van der Waals surface area (Å²) >= 11 is 3.33. The summed E-state index contributed by atoms with van der Waals surface area (Å²) in [6.07, 6.45) is 0. The molecule has 28 heavy (non-hydrogen) atoms. The predicted octanol–water partition coefficient (Wildman–Crippen LogP) is 2.64. The third-order valence-corrected chi connectivity index (χ3v) is 7.32. The molecule has 2 aromatic heterocycles. The number of thiophene rings is 2. The number of fused-ring (bicyclic) bond motifs is 3. The first-order valence-corrected chi connectivity index (χ1v) is 11.0. The van der Waals surface area contributed by atoms with Gasteiger partial charge in [0.1, 0.15) is 0 Å². The number of nitrogens with one attached hydrogen (secondary N) is 1. The molecule has 3 heterocycles. The van der Waals surface area contributed by atoms with Crippen LogP contribution in [0.25, 0.3) is 19.5 Å². The van der Waals surface area contributed by atoms with Crippen LogP contribution in [0.1, 0.15) is 9.67 Å². The Labute approximate surface area is 171 Å². The van der Waals surface area contributed by atoms with Gasteiger partial charge in [-0.05, 0) is 12.1 Å². The monoisotopic (exact) mass is 417 g/mol. The fourth-order valence-corrected chi connectivity index (χ4v) is 5.91. The Morgan fingerprint density at radius 3 is 2.68 bits per heavy atom. The number of ether oxygens (including phenoxy) is 1. The standard InChI is InChI=1S/C20H23N3O3S2/c1-26-11-6-21-18(24)13-22-7-9-23(10-8-22)20(25)17-12-16-19(28-17)14-4-2-3-5-15(14)27-16/h2-5,12H,6-11,13H2,1H3,(H,21,24). The zero-order valence-corrected chi connectivity index (χ0v) is 17.4. The molecule has 0 bridgehead atoms. The number of benzene rings is 1. The molecule has 1 aromatic carbocycles. The van der Waals surface area contributed by atoms with Crippen molar-refractivity contribution in [3.8, 4) is 0 Å². The second kappa shape index (κ2) is 8.57. The van der Waals surface area contributed by atoms with E-state index in [1.54, 1.807) is 29.8 Å². The van der Waals surface area contributed by atoms with Crippen LogP contribution in [0.15, 0.2) is 30.3 Å². The van der Waals surface area contributed by atoms with Crippen molar-refractivity contribution < 1.29 is 14.3 Å². The average molecular weight is 418 g/mol. The molecular weight excluding hydrogens is 394 g/mol. The van der Waals surface area contributed by atoms with Crippen LogP contribution in [0.5, 0.6) is 0 Å². The maximum Gasteiger partial charge on any atom is 0.264 e. The Hall–Kier alpha value is -2.00. The van der Waals surface area contributed by atoms with Crippen LogP contribution in [-0.2, 0) is 9.53 Å². The lowest BCUT2D eigenvalue weighted by molar-refractivity contribution is -0.122. The fourth-order valence-electron chi connectivity index (χ4n) is 3.42. The van der Waals surface area contributed by atoms with E-state index in [1.807, 2.05) is 23.1 Å². The molecule has 1 aliphatic heterocycles. The number of hydrogen-bond acceptors (Lipinski definition) is 6. The second-order valence-corrected chi connectivity index (χ2v) is 8.95. The van der Waals surface area contributed by atoms with E-state index in [2.05, 4.69) is 22.3 Å². The molecule has 0 atom stereocenters. The SMILES string of the molecule is COCCNC(=O)CN1CCN(C(=O)c2cc3sc4ccccc4c3s2)CC1. The van der Waals surface area contributed by atoms with Gasteiger partial charge in [-0.1, -0.05) is 18.2 Å². The van der Waals surface area contributed by atoms with Crippen LogP contribution < -0.4 is 5.32 Å². The van der Waals surface area contributed by atoms with Crippen LogP contribution in [-0.4, -0.2) is 74.6 Å². The topological polar surface area (TPSA) is 61.9 Å². The van der Waals surface area contributed by atoms with Gasteiger partial charge in [0.15, 0.2) is 0 Å². The summed E-state index contributed by atoms with van der Waals surface area (Å²) in [5, 5.41) is 4.07. The van der Waals surface area contributed by atoms with E-state index in [4.69, 9.17) is 4.74 Å². The van der Waals surface area contributed by atoms with Gasteiger partial charge >= 0.3 is 0 Å². The number of methoxy groups -OCH3 is 1. The van der Waals surface area contributed by atoms with Gasteiger partial charge in [0.2, 0.25) is 5.91 Å². The first-order valence-electron chi connectivity index (χ1n) is 9.34. The summed E-state index contributed by atoms with van der Waals surface area (Å²) in [6, 6.07) is 10.4. The molecule has 1 saturated heterocycles. The van der Waals surface area contributed by atoms with Crippen LogP contribution in [0, 0.1) is 0 Å². The summed E-state index contributed by atoms with van der Waals surface area (Å²) in [7, 11) is 1.61. The number of amides is 2. The molecule has 148 valence electrons. The highest BCUT2D eigenvalue weighted by Crippen LogP contribution is 2.39. The van der Waals surface area contributed by atoms with Gasteiger partial charge < -0.3 is 15.0 Å². The Bertz CT molecular complexity index is 989. The molecule has 0 unspecified atom stereocenters. The van der Waals surface area contributed by atoms with Crippen molar-refractivity contribution in [3.05, 3.63) is 35.2 Å². The molecule has 0 aliphatic carbocycles. The molecule has 0 saturated carbocycles. The van der Waals surface area contributed by atoms with Crippen molar-refractivity contribution in [2.45, 2.75) is 0 Å². The molecular formula is C20H23N3O3S2. The maximum absolute atomic E-state index is 12.9. The summed E-state index contributed by atoms with van der Waals surface area (Å²) in [6.45, 7) is 4.14. The van der Waals surface area contributed by atoms with E-state index < -0.39 is 0 Å². The first-order chi connectivity index (χ1) is 13.7. The third-order valence-electron chi connectivity index (χ3n) is 4.92. The van der Waals surface area contributed by atoms with Gasteiger partial charge in [-0.15, -0.1) is 22.7 Å². The van der Waals surface area contributed by atoms with Crippen LogP contribution in [0.4, 0.5) is 0 Å². The smallest absolute Gasteiger partial charge is 0.264 e. The van der Waals surface area contributed by atoms with Gasteiger partial charge in [-0.2, -0.15) is 0 Å². The van der Waals surface area contributed by atoms with Gasteiger partial charge in [0, 0.05) is 54.6 Å². The van der Waals surface area contributed by atoms with Crippen molar-refractivity contribution in [3.63, 3.8) is 0 Å².